The standard InChI is InChI=1S/C17H31N3O6/c1-16(2,3)25-14(22)19-11-8-12(13(21)18-10-24-7)20(9-11)15(23)26-17(4,5)6/h11-12H,8-10H2,1-7H3,(H,18,21)(H,19,22)/t11?,12-/m0/s1. The highest BCUT2D eigenvalue weighted by atomic mass is 16.6. The maximum Gasteiger partial charge on any atom is 0.411 e. The molecule has 1 saturated heterocycles. The van der Waals surface area contributed by atoms with Gasteiger partial charge in [-0.3, -0.25) is 9.69 Å². The van der Waals surface area contributed by atoms with Crippen LogP contribution in [0.4, 0.5) is 9.59 Å². The molecule has 0 aromatic rings. The third-order valence-corrected chi connectivity index (χ3v) is 3.34. The van der Waals surface area contributed by atoms with E-state index in [1.54, 1.807) is 41.5 Å². The van der Waals surface area contributed by atoms with E-state index in [9.17, 15) is 14.4 Å². The quantitative estimate of drug-likeness (QED) is 0.725. The predicted molar refractivity (Wildman–Crippen MR) is 94.5 cm³/mol. The lowest BCUT2D eigenvalue weighted by molar-refractivity contribution is -0.126. The van der Waals surface area contributed by atoms with E-state index in [-0.39, 0.29) is 25.6 Å². The maximum absolute atomic E-state index is 12.5. The number of nitrogens with one attached hydrogen (secondary N) is 2. The number of ether oxygens (including phenoxy) is 3. The number of methoxy groups -OCH3 is 1. The number of hydrogen-bond acceptors (Lipinski definition) is 6. The molecule has 9 nitrogen and oxygen atoms in total. The van der Waals surface area contributed by atoms with Crippen LogP contribution in [0.2, 0.25) is 0 Å². The van der Waals surface area contributed by atoms with Crippen LogP contribution in [0.5, 0.6) is 0 Å². The summed E-state index contributed by atoms with van der Waals surface area (Å²) in [6.45, 7) is 10.7. The molecule has 0 saturated carbocycles. The molecule has 3 amide bonds. The Labute approximate surface area is 154 Å². The first-order chi connectivity index (χ1) is 11.8. The average Bonchev–Trinajstić information content (AvgIpc) is 2.84. The topological polar surface area (TPSA) is 106 Å². The van der Waals surface area contributed by atoms with Crippen LogP contribution in [-0.2, 0) is 19.0 Å². The average molecular weight is 373 g/mol. The smallest absolute Gasteiger partial charge is 0.411 e. The SMILES string of the molecule is COCNC(=O)[C@@H]1CC(NC(=O)OC(C)(C)C)CN1C(=O)OC(C)(C)C. The first-order valence-electron chi connectivity index (χ1n) is 8.58. The fourth-order valence-corrected chi connectivity index (χ4v) is 2.45. The number of hydrogen-bond donors (Lipinski definition) is 2. The summed E-state index contributed by atoms with van der Waals surface area (Å²) in [4.78, 5) is 38.1. The summed E-state index contributed by atoms with van der Waals surface area (Å²) in [6, 6.07) is -1.18. The number of nitrogens with zero attached hydrogens (tertiary/aromatic N) is 1. The van der Waals surface area contributed by atoms with Crippen molar-refractivity contribution in [3.05, 3.63) is 0 Å². The second kappa shape index (κ2) is 8.57. The predicted octanol–water partition coefficient (Wildman–Crippen LogP) is 1.61. The van der Waals surface area contributed by atoms with Gasteiger partial charge in [-0.15, -0.1) is 0 Å². The van der Waals surface area contributed by atoms with E-state index >= 15 is 0 Å². The van der Waals surface area contributed by atoms with Gasteiger partial charge in [-0.1, -0.05) is 0 Å². The number of rotatable bonds is 4. The number of alkyl carbamates (subject to hydrolysis) is 1. The molecule has 0 radical (unpaired) electrons. The molecule has 1 aliphatic rings. The van der Waals surface area contributed by atoms with Gasteiger partial charge < -0.3 is 24.8 Å². The molecule has 0 aliphatic carbocycles. The van der Waals surface area contributed by atoms with E-state index in [2.05, 4.69) is 10.6 Å². The Balaban J connectivity index is 2.82. The summed E-state index contributed by atoms with van der Waals surface area (Å²) in [7, 11) is 1.45. The molecule has 0 spiro atoms. The second-order valence-electron chi connectivity index (χ2n) is 8.20. The third-order valence-electron chi connectivity index (χ3n) is 3.34. The van der Waals surface area contributed by atoms with Crippen molar-refractivity contribution in [3.8, 4) is 0 Å². The highest BCUT2D eigenvalue weighted by Crippen LogP contribution is 2.22. The Morgan fingerprint density at radius 1 is 1.04 bits per heavy atom. The fourth-order valence-electron chi connectivity index (χ4n) is 2.45. The van der Waals surface area contributed by atoms with Crippen molar-refractivity contribution < 1.29 is 28.6 Å². The van der Waals surface area contributed by atoms with Gasteiger partial charge in [0.1, 0.15) is 24.0 Å². The van der Waals surface area contributed by atoms with Crippen LogP contribution >= 0.6 is 0 Å². The van der Waals surface area contributed by atoms with Crippen molar-refractivity contribution in [3.63, 3.8) is 0 Å². The van der Waals surface area contributed by atoms with Gasteiger partial charge in [-0.05, 0) is 48.0 Å². The molecule has 1 rings (SSSR count). The molecule has 0 aromatic heterocycles. The largest absolute Gasteiger partial charge is 0.444 e. The Hall–Kier alpha value is -2.03. The highest BCUT2D eigenvalue weighted by molar-refractivity contribution is 5.86. The molecule has 26 heavy (non-hydrogen) atoms. The molecule has 2 atom stereocenters. The number of carbonyl (C=O) groups excluding carboxylic acids is 3. The molecule has 150 valence electrons. The van der Waals surface area contributed by atoms with Crippen molar-refractivity contribution in [2.24, 2.45) is 0 Å². The molecule has 2 N–H and O–H groups in total. The van der Waals surface area contributed by atoms with Crippen molar-refractivity contribution >= 4 is 18.1 Å². The molecule has 9 heteroatoms. The van der Waals surface area contributed by atoms with Crippen LogP contribution in [0.25, 0.3) is 0 Å². The molecular weight excluding hydrogens is 342 g/mol. The van der Waals surface area contributed by atoms with E-state index in [1.807, 2.05) is 0 Å². The van der Waals surface area contributed by atoms with Gasteiger partial charge in [0, 0.05) is 13.7 Å². The van der Waals surface area contributed by atoms with Crippen LogP contribution in [0, 0.1) is 0 Å². The molecule has 1 heterocycles. The molecule has 1 aliphatic heterocycles. The van der Waals surface area contributed by atoms with Gasteiger partial charge in [0.05, 0.1) is 6.04 Å². The molecule has 1 unspecified atom stereocenters. The number of amides is 3. The lowest BCUT2D eigenvalue weighted by atomic mass is 10.1. The van der Waals surface area contributed by atoms with Crippen LogP contribution in [0.1, 0.15) is 48.0 Å². The molecular formula is C17H31N3O6. The van der Waals surface area contributed by atoms with E-state index in [0.717, 1.165) is 0 Å². The monoisotopic (exact) mass is 373 g/mol. The van der Waals surface area contributed by atoms with Gasteiger partial charge in [-0.25, -0.2) is 9.59 Å². The minimum atomic E-state index is -0.764. The number of likely N-dealkylation sites (tertiary alicyclic amines) is 1. The van der Waals surface area contributed by atoms with Crippen LogP contribution in [-0.4, -0.2) is 66.7 Å². The second-order valence-corrected chi connectivity index (χ2v) is 8.20. The minimum Gasteiger partial charge on any atom is -0.444 e. The minimum absolute atomic E-state index is 0.0294. The zero-order valence-electron chi connectivity index (χ0n) is 16.7. The van der Waals surface area contributed by atoms with Crippen molar-refractivity contribution in [2.45, 2.75) is 71.2 Å². The molecule has 0 aromatic carbocycles. The lowest BCUT2D eigenvalue weighted by Crippen LogP contribution is -2.48. The Kier molecular flexibility index (Phi) is 7.25. The summed E-state index contributed by atoms with van der Waals surface area (Å²) in [5.41, 5.74) is -1.33. The Bertz CT molecular complexity index is 524. The summed E-state index contributed by atoms with van der Waals surface area (Å²) in [5, 5.41) is 5.28. The third kappa shape index (κ3) is 7.47. The van der Waals surface area contributed by atoms with Crippen LogP contribution in [0.3, 0.4) is 0 Å². The Morgan fingerprint density at radius 3 is 2.12 bits per heavy atom. The first-order valence-corrected chi connectivity index (χ1v) is 8.58. The maximum atomic E-state index is 12.5. The zero-order chi connectivity index (χ0) is 20.1. The molecule has 1 fully saturated rings. The van der Waals surface area contributed by atoms with E-state index in [4.69, 9.17) is 14.2 Å². The summed E-state index contributed by atoms with van der Waals surface area (Å²) in [6.07, 6.45) is -0.943. The molecule has 0 bridgehead atoms. The summed E-state index contributed by atoms with van der Waals surface area (Å²) in [5.74, 6) is -0.369. The van der Waals surface area contributed by atoms with Gasteiger partial charge >= 0.3 is 12.2 Å². The lowest BCUT2D eigenvalue weighted by Gasteiger charge is -2.28. The van der Waals surface area contributed by atoms with E-state index in [1.165, 1.54) is 12.0 Å². The van der Waals surface area contributed by atoms with Crippen LogP contribution < -0.4 is 10.6 Å². The van der Waals surface area contributed by atoms with Gasteiger partial charge in [0.15, 0.2) is 0 Å². The zero-order valence-corrected chi connectivity index (χ0v) is 16.7. The summed E-state index contributed by atoms with van der Waals surface area (Å²) < 4.78 is 15.4. The normalized spacial score (nSPS) is 20.5. The van der Waals surface area contributed by atoms with Gasteiger partial charge in [0.25, 0.3) is 0 Å². The highest BCUT2D eigenvalue weighted by Gasteiger charge is 2.42. The van der Waals surface area contributed by atoms with Gasteiger partial charge in [-0.2, -0.15) is 0 Å². The van der Waals surface area contributed by atoms with Crippen LogP contribution in [0.15, 0.2) is 0 Å². The van der Waals surface area contributed by atoms with E-state index in [0.29, 0.717) is 0 Å². The van der Waals surface area contributed by atoms with Crippen molar-refractivity contribution in [1.29, 1.82) is 0 Å². The number of carbonyl (C=O) groups is 3. The van der Waals surface area contributed by atoms with Crippen molar-refractivity contribution in [1.82, 2.24) is 15.5 Å². The van der Waals surface area contributed by atoms with Crippen molar-refractivity contribution in [2.75, 3.05) is 20.4 Å². The Morgan fingerprint density at radius 2 is 1.62 bits per heavy atom. The van der Waals surface area contributed by atoms with E-state index < -0.39 is 35.5 Å². The first kappa shape index (κ1) is 22.0. The summed E-state index contributed by atoms with van der Waals surface area (Å²) >= 11 is 0. The fraction of sp³-hybridized carbons (Fsp3) is 0.824. The van der Waals surface area contributed by atoms with Gasteiger partial charge in [0.2, 0.25) is 5.91 Å².